The molecule has 5 nitrogen and oxygen atoms in total. The molecule has 5 heteroatoms. The molecule has 0 heterocycles. The minimum Gasteiger partial charge on any atom is -0.466 e. The number of esters is 1. The van der Waals surface area contributed by atoms with Gasteiger partial charge in [-0.2, -0.15) is 0 Å². The second kappa shape index (κ2) is 8.98. The first kappa shape index (κ1) is 15.9. The van der Waals surface area contributed by atoms with E-state index in [1.54, 1.807) is 6.92 Å². The minimum atomic E-state index is -0.213. The van der Waals surface area contributed by atoms with Crippen molar-refractivity contribution in [1.29, 1.82) is 0 Å². The van der Waals surface area contributed by atoms with Gasteiger partial charge in [0.2, 0.25) is 5.91 Å². The molecule has 0 aliphatic heterocycles. The molecule has 0 aromatic carbocycles. The molecule has 100 valence electrons. The summed E-state index contributed by atoms with van der Waals surface area (Å²) in [4.78, 5) is 24.6. The Morgan fingerprint density at radius 3 is 2.41 bits per heavy atom. The zero-order chi connectivity index (χ0) is 13.3. The van der Waals surface area contributed by atoms with Crippen LogP contribution in [-0.4, -0.2) is 49.1 Å². The summed E-state index contributed by atoms with van der Waals surface area (Å²) in [5, 5.41) is 2.82. The van der Waals surface area contributed by atoms with Crippen molar-refractivity contribution < 1.29 is 14.3 Å². The van der Waals surface area contributed by atoms with Crippen LogP contribution >= 0.6 is 0 Å². The van der Waals surface area contributed by atoms with Crippen LogP contribution in [0.25, 0.3) is 0 Å². The molecule has 0 saturated carbocycles. The summed E-state index contributed by atoms with van der Waals surface area (Å²) in [6.07, 6.45) is 0.330. The number of hydrogen-bond acceptors (Lipinski definition) is 4. The number of hydrogen-bond donors (Lipinski definition) is 1. The van der Waals surface area contributed by atoms with Gasteiger partial charge in [0.15, 0.2) is 0 Å². The summed E-state index contributed by atoms with van der Waals surface area (Å²) in [7, 11) is 0. The molecule has 0 radical (unpaired) electrons. The fourth-order valence-electron chi connectivity index (χ4n) is 1.40. The van der Waals surface area contributed by atoms with Crippen LogP contribution in [0.5, 0.6) is 0 Å². The third kappa shape index (κ3) is 8.68. The van der Waals surface area contributed by atoms with Gasteiger partial charge in [0.25, 0.3) is 0 Å². The Bertz CT molecular complexity index is 242. The molecular weight excluding hydrogens is 220 g/mol. The lowest BCUT2D eigenvalue weighted by molar-refractivity contribution is -0.143. The van der Waals surface area contributed by atoms with E-state index in [9.17, 15) is 9.59 Å². The van der Waals surface area contributed by atoms with Crippen molar-refractivity contribution in [2.24, 2.45) is 0 Å². The lowest BCUT2D eigenvalue weighted by Crippen LogP contribution is -2.40. The maximum atomic E-state index is 11.5. The molecule has 0 aliphatic carbocycles. The Hall–Kier alpha value is -1.10. The van der Waals surface area contributed by atoms with E-state index in [0.29, 0.717) is 26.1 Å². The average Bonchev–Trinajstić information content (AvgIpc) is 2.23. The largest absolute Gasteiger partial charge is 0.466 e. The Kier molecular flexibility index (Phi) is 8.40. The molecule has 0 unspecified atom stereocenters. The summed E-state index contributed by atoms with van der Waals surface area (Å²) in [5.74, 6) is -0.221. The molecule has 0 atom stereocenters. The van der Waals surface area contributed by atoms with E-state index < -0.39 is 0 Å². The fraction of sp³-hybridized carbons (Fsp3) is 0.833. The quantitative estimate of drug-likeness (QED) is 0.641. The van der Waals surface area contributed by atoms with Crippen LogP contribution < -0.4 is 5.32 Å². The van der Waals surface area contributed by atoms with Gasteiger partial charge in [0, 0.05) is 12.6 Å². The molecule has 1 amide bonds. The zero-order valence-corrected chi connectivity index (χ0v) is 11.3. The number of likely N-dealkylation sites (N-methyl/N-ethyl adjacent to an activating group) is 1. The van der Waals surface area contributed by atoms with Gasteiger partial charge in [0.1, 0.15) is 0 Å². The number of carbonyl (C=O) groups excluding carboxylic acids is 2. The van der Waals surface area contributed by atoms with Gasteiger partial charge >= 0.3 is 5.97 Å². The molecular formula is C12H24N2O3. The number of rotatable bonds is 8. The van der Waals surface area contributed by atoms with Crippen LogP contribution in [0.2, 0.25) is 0 Å². The van der Waals surface area contributed by atoms with E-state index in [1.807, 2.05) is 25.7 Å². The van der Waals surface area contributed by atoms with Crippen LogP contribution in [-0.2, 0) is 14.3 Å². The van der Waals surface area contributed by atoms with Crippen LogP contribution in [0.15, 0.2) is 0 Å². The Balaban J connectivity index is 3.91. The Labute approximate surface area is 103 Å². The maximum Gasteiger partial charge on any atom is 0.307 e. The van der Waals surface area contributed by atoms with Gasteiger partial charge < -0.3 is 10.1 Å². The van der Waals surface area contributed by atoms with E-state index in [4.69, 9.17) is 4.74 Å². The standard InChI is InChI=1S/C12H24N2O3/c1-5-14(8-7-12(16)17-6-2)9-11(15)13-10(3)4/h10H,5-9H2,1-4H3,(H,13,15). The van der Waals surface area contributed by atoms with E-state index >= 15 is 0 Å². The van der Waals surface area contributed by atoms with Crippen molar-refractivity contribution in [2.75, 3.05) is 26.2 Å². The van der Waals surface area contributed by atoms with Crippen LogP contribution in [0.4, 0.5) is 0 Å². The number of nitrogens with one attached hydrogen (secondary N) is 1. The zero-order valence-electron chi connectivity index (χ0n) is 11.3. The van der Waals surface area contributed by atoms with E-state index in [2.05, 4.69) is 5.32 Å². The highest BCUT2D eigenvalue weighted by Crippen LogP contribution is 1.94. The maximum absolute atomic E-state index is 11.5. The van der Waals surface area contributed by atoms with Crippen LogP contribution in [0.1, 0.15) is 34.1 Å². The first-order chi connectivity index (χ1) is 7.99. The van der Waals surface area contributed by atoms with Gasteiger partial charge in [-0.05, 0) is 27.3 Å². The van der Waals surface area contributed by atoms with Crippen molar-refractivity contribution in [1.82, 2.24) is 10.2 Å². The normalized spacial score (nSPS) is 10.7. The number of amides is 1. The minimum absolute atomic E-state index is 0.00860. The Morgan fingerprint density at radius 1 is 1.29 bits per heavy atom. The van der Waals surface area contributed by atoms with Crippen molar-refractivity contribution in [3.8, 4) is 0 Å². The first-order valence-electron chi connectivity index (χ1n) is 6.16. The van der Waals surface area contributed by atoms with Gasteiger partial charge in [0.05, 0.1) is 19.6 Å². The van der Waals surface area contributed by atoms with Gasteiger partial charge in [-0.25, -0.2) is 0 Å². The molecule has 0 aromatic heterocycles. The number of nitrogens with zero attached hydrogens (tertiary/aromatic N) is 1. The SMILES string of the molecule is CCOC(=O)CCN(CC)CC(=O)NC(C)C. The molecule has 17 heavy (non-hydrogen) atoms. The molecule has 1 N–H and O–H groups in total. The lowest BCUT2D eigenvalue weighted by Gasteiger charge is -2.20. The smallest absolute Gasteiger partial charge is 0.307 e. The van der Waals surface area contributed by atoms with Crippen LogP contribution in [0.3, 0.4) is 0 Å². The van der Waals surface area contributed by atoms with Crippen molar-refractivity contribution in [2.45, 2.75) is 40.2 Å². The number of ether oxygens (including phenoxy) is 1. The molecule has 0 aromatic rings. The van der Waals surface area contributed by atoms with Crippen molar-refractivity contribution >= 4 is 11.9 Å². The second-order valence-corrected chi connectivity index (χ2v) is 4.15. The van der Waals surface area contributed by atoms with Gasteiger partial charge in [-0.1, -0.05) is 6.92 Å². The average molecular weight is 244 g/mol. The molecule has 0 aliphatic rings. The number of carbonyl (C=O) groups is 2. The summed E-state index contributed by atoms with van der Waals surface area (Å²) in [6, 6.07) is 0.145. The summed E-state index contributed by atoms with van der Waals surface area (Å²) in [6.45, 7) is 9.62. The molecule has 0 bridgehead atoms. The summed E-state index contributed by atoms with van der Waals surface area (Å²) >= 11 is 0. The molecule has 0 fully saturated rings. The van der Waals surface area contributed by atoms with E-state index in [0.717, 1.165) is 6.54 Å². The van der Waals surface area contributed by atoms with Crippen LogP contribution in [0, 0.1) is 0 Å². The summed E-state index contributed by atoms with van der Waals surface area (Å²) < 4.78 is 4.84. The first-order valence-corrected chi connectivity index (χ1v) is 6.16. The topological polar surface area (TPSA) is 58.6 Å². The monoisotopic (exact) mass is 244 g/mol. The molecule has 0 rings (SSSR count). The highest BCUT2D eigenvalue weighted by molar-refractivity contribution is 5.78. The second-order valence-electron chi connectivity index (χ2n) is 4.15. The highest BCUT2D eigenvalue weighted by atomic mass is 16.5. The molecule has 0 spiro atoms. The fourth-order valence-corrected chi connectivity index (χ4v) is 1.40. The third-order valence-corrected chi connectivity index (χ3v) is 2.20. The Morgan fingerprint density at radius 2 is 1.94 bits per heavy atom. The van der Waals surface area contributed by atoms with E-state index in [1.165, 1.54) is 0 Å². The highest BCUT2D eigenvalue weighted by Gasteiger charge is 2.11. The third-order valence-electron chi connectivity index (χ3n) is 2.20. The van der Waals surface area contributed by atoms with E-state index in [-0.39, 0.29) is 17.9 Å². The van der Waals surface area contributed by atoms with Gasteiger partial charge in [-0.15, -0.1) is 0 Å². The van der Waals surface area contributed by atoms with Gasteiger partial charge in [-0.3, -0.25) is 14.5 Å². The van der Waals surface area contributed by atoms with Crippen molar-refractivity contribution in [3.63, 3.8) is 0 Å². The van der Waals surface area contributed by atoms with Crippen molar-refractivity contribution in [3.05, 3.63) is 0 Å². The summed E-state index contributed by atoms with van der Waals surface area (Å²) in [5.41, 5.74) is 0. The lowest BCUT2D eigenvalue weighted by atomic mass is 10.3. The molecule has 0 saturated heterocycles. The predicted octanol–water partition coefficient (Wildman–Crippen LogP) is 0.786. The predicted molar refractivity (Wildman–Crippen MR) is 66.6 cm³/mol.